The Labute approximate surface area is 116 Å². The summed E-state index contributed by atoms with van der Waals surface area (Å²) in [5.74, 6) is 0.462. The summed E-state index contributed by atoms with van der Waals surface area (Å²) >= 11 is 6.98. The quantitative estimate of drug-likeness (QED) is 0.906. The van der Waals surface area contributed by atoms with Crippen molar-refractivity contribution >= 4 is 33.0 Å². The van der Waals surface area contributed by atoms with Crippen LogP contribution in [0.5, 0.6) is 0 Å². The van der Waals surface area contributed by atoms with Crippen molar-refractivity contribution < 1.29 is 8.42 Å². The Kier molecular flexibility index (Phi) is 3.40. The van der Waals surface area contributed by atoms with Gasteiger partial charge in [-0.3, -0.25) is 0 Å². The van der Waals surface area contributed by atoms with E-state index in [-0.39, 0.29) is 6.04 Å². The van der Waals surface area contributed by atoms with Crippen LogP contribution in [0.15, 0.2) is 16.3 Å². The average Bonchev–Trinajstić information content (AvgIpc) is 2.96. The molecule has 18 heavy (non-hydrogen) atoms. The van der Waals surface area contributed by atoms with Crippen LogP contribution in [-0.2, 0) is 10.0 Å². The highest BCUT2D eigenvalue weighted by Crippen LogP contribution is 2.34. The van der Waals surface area contributed by atoms with Gasteiger partial charge < -0.3 is 5.32 Å². The molecule has 2 fully saturated rings. The number of nitrogens with one attached hydrogen (secondary N) is 1. The average molecular weight is 307 g/mol. The van der Waals surface area contributed by atoms with Gasteiger partial charge in [-0.1, -0.05) is 11.6 Å². The normalized spacial score (nSPS) is 29.4. The number of hydrogen-bond acceptors (Lipinski definition) is 4. The molecule has 0 bridgehead atoms. The number of fused-ring (bicyclic) bond motifs is 1. The first-order valence-electron chi connectivity index (χ1n) is 6.07. The second-order valence-electron chi connectivity index (χ2n) is 4.80. The Morgan fingerprint density at radius 1 is 1.39 bits per heavy atom. The SMILES string of the molecule is O=S(=O)(c1ccc(Cl)s1)N1CCCC2CNCC21. The molecule has 0 radical (unpaired) electrons. The molecule has 4 nitrogen and oxygen atoms in total. The van der Waals surface area contributed by atoms with E-state index < -0.39 is 10.0 Å². The van der Waals surface area contributed by atoms with Gasteiger partial charge >= 0.3 is 0 Å². The molecule has 1 aromatic rings. The van der Waals surface area contributed by atoms with Gasteiger partial charge in [0.25, 0.3) is 10.0 Å². The highest BCUT2D eigenvalue weighted by atomic mass is 35.5. The van der Waals surface area contributed by atoms with Crippen molar-refractivity contribution in [3.05, 3.63) is 16.5 Å². The van der Waals surface area contributed by atoms with E-state index >= 15 is 0 Å². The molecule has 2 unspecified atom stereocenters. The van der Waals surface area contributed by atoms with Crippen molar-refractivity contribution in [2.45, 2.75) is 23.1 Å². The number of hydrogen-bond donors (Lipinski definition) is 1. The molecular formula is C11H15ClN2O2S2. The third-order valence-corrected chi connectivity index (χ3v) is 7.36. The predicted molar refractivity (Wildman–Crippen MR) is 72.6 cm³/mol. The van der Waals surface area contributed by atoms with Gasteiger partial charge in [-0.25, -0.2) is 8.42 Å². The molecule has 0 amide bonds. The molecule has 0 spiro atoms. The van der Waals surface area contributed by atoms with Crippen molar-refractivity contribution in [2.75, 3.05) is 19.6 Å². The summed E-state index contributed by atoms with van der Waals surface area (Å²) in [5.41, 5.74) is 0. The molecule has 0 saturated carbocycles. The molecule has 100 valence electrons. The number of rotatable bonds is 2. The van der Waals surface area contributed by atoms with Gasteiger partial charge in [0.15, 0.2) is 0 Å². The van der Waals surface area contributed by atoms with Gasteiger partial charge in [0, 0.05) is 19.1 Å². The van der Waals surface area contributed by atoms with Gasteiger partial charge in [-0.2, -0.15) is 4.31 Å². The van der Waals surface area contributed by atoms with Crippen molar-refractivity contribution in [2.24, 2.45) is 5.92 Å². The maximum absolute atomic E-state index is 12.6. The summed E-state index contributed by atoms with van der Waals surface area (Å²) < 4.78 is 27.7. The number of thiophene rings is 1. The highest BCUT2D eigenvalue weighted by molar-refractivity contribution is 7.91. The van der Waals surface area contributed by atoms with Gasteiger partial charge in [0.1, 0.15) is 4.21 Å². The number of halogens is 1. The second-order valence-corrected chi connectivity index (χ2v) is 8.63. The first kappa shape index (κ1) is 12.9. The van der Waals surface area contributed by atoms with E-state index in [1.165, 1.54) is 0 Å². The van der Waals surface area contributed by atoms with Crippen molar-refractivity contribution in [3.63, 3.8) is 0 Å². The number of piperidine rings is 1. The van der Waals surface area contributed by atoms with Crippen molar-refractivity contribution in [3.8, 4) is 0 Å². The minimum atomic E-state index is -3.37. The van der Waals surface area contributed by atoms with E-state index in [0.29, 0.717) is 21.0 Å². The Morgan fingerprint density at radius 2 is 2.22 bits per heavy atom. The lowest BCUT2D eigenvalue weighted by atomic mass is 9.94. The number of sulfonamides is 1. The van der Waals surface area contributed by atoms with E-state index in [0.717, 1.165) is 37.3 Å². The lowest BCUT2D eigenvalue weighted by Gasteiger charge is -2.35. The topological polar surface area (TPSA) is 49.4 Å². The fourth-order valence-corrected chi connectivity index (χ4v) is 6.21. The lowest BCUT2D eigenvalue weighted by Crippen LogP contribution is -2.47. The first-order valence-corrected chi connectivity index (χ1v) is 8.70. The summed E-state index contributed by atoms with van der Waals surface area (Å²) in [7, 11) is -3.37. The molecule has 2 atom stereocenters. The molecule has 2 aliphatic heterocycles. The minimum absolute atomic E-state index is 0.115. The van der Waals surface area contributed by atoms with Crippen LogP contribution in [0.3, 0.4) is 0 Å². The van der Waals surface area contributed by atoms with Gasteiger partial charge in [0.2, 0.25) is 0 Å². The van der Waals surface area contributed by atoms with Gasteiger partial charge in [0.05, 0.1) is 4.34 Å². The maximum atomic E-state index is 12.6. The molecular weight excluding hydrogens is 292 g/mol. The predicted octanol–water partition coefficient (Wildman–Crippen LogP) is 1.77. The van der Waals surface area contributed by atoms with Gasteiger partial charge in [-0.05, 0) is 37.4 Å². The van der Waals surface area contributed by atoms with Crippen LogP contribution in [0.4, 0.5) is 0 Å². The summed E-state index contributed by atoms with van der Waals surface area (Å²) in [6.45, 7) is 2.32. The van der Waals surface area contributed by atoms with E-state index in [1.54, 1.807) is 16.4 Å². The van der Waals surface area contributed by atoms with Crippen LogP contribution in [0.2, 0.25) is 4.34 Å². The van der Waals surface area contributed by atoms with Crippen LogP contribution in [0.25, 0.3) is 0 Å². The van der Waals surface area contributed by atoms with E-state index in [9.17, 15) is 8.42 Å². The van der Waals surface area contributed by atoms with E-state index in [2.05, 4.69) is 5.32 Å². The van der Waals surface area contributed by atoms with Crippen molar-refractivity contribution in [1.82, 2.24) is 9.62 Å². The molecule has 1 aromatic heterocycles. The molecule has 3 rings (SSSR count). The summed E-state index contributed by atoms with van der Waals surface area (Å²) in [4.78, 5) is 0. The third-order valence-electron chi connectivity index (χ3n) is 3.74. The fourth-order valence-electron chi connectivity index (χ4n) is 2.88. The Balaban J connectivity index is 1.93. The molecule has 7 heteroatoms. The third kappa shape index (κ3) is 2.10. The van der Waals surface area contributed by atoms with Crippen LogP contribution < -0.4 is 5.32 Å². The van der Waals surface area contributed by atoms with Crippen LogP contribution >= 0.6 is 22.9 Å². The molecule has 2 saturated heterocycles. The van der Waals surface area contributed by atoms with Crippen molar-refractivity contribution in [1.29, 1.82) is 0 Å². The minimum Gasteiger partial charge on any atom is -0.315 e. The smallest absolute Gasteiger partial charge is 0.252 e. The van der Waals surface area contributed by atoms with E-state index in [4.69, 9.17) is 11.6 Å². The zero-order valence-corrected chi connectivity index (χ0v) is 12.2. The molecule has 2 aliphatic rings. The molecule has 1 N–H and O–H groups in total. The lowest BCUT2D eigenvalue weighted by molar-refractivity contribution is 0.218. The summed E-state index contributed by atoms with van der Waals surface area (Å²) in [6, 6.07) is 3.37. The summed E-state index contributed by atoms with van der Waals surface area (Å²) in [5, 5.41) is 3.29. The number of nitrogens with zero attached hydrogens (tertiary/aromatic N) is 1. The Morgan fingerprint density at radius 3 is 2.94 bits per heavy atom. The second kappa shape index (κ2) is 4.76. The maximum Gasteiger partial charge on any atom is 0.252 e. The zero-order valence-electron chi connectivity index (χ0n) is 9.80. The Bertz CT molecular complexity index is 543. The van der Waals surface area contributed by atoms with Crippen LogP contribution in [0.1, 0.15) is 12.8 Å². The van der Waals surface area contributed by atoms with Crippen LogP contribution in [-0.4, -0.2) is 38.4 Å². The molecule has 0 aromatic carbocycles. The fraction of sp³-hybridized carbons (Fsp3) is 0.636. The van der Waals surface area contributed by atoms with Gasteiger partial charge in [-0.15, -0.1) is 11.3 Å². The highest BCUT2D eigenvalue weighted by Gasteiger charge is 2.41. The van der Waals surface area contributed by atoms with E-state index in [1.807, 2.05) is 0 Å². The molecule has 0 aliphatic carbocycles. The first-order chi connectivity index (χ1) is 8.59. The monoisotopic (exact) mass is 306 g/mol. The standard InChI is InChI=1S/C11H15ClN2O2S2/c12-10-3-4-11(17-10)18(15,16)14-5-1-2-8-6-13-7-9(8)14/h3-4,8-9,13H,1-2,5-7H2. The largest absolute Gasteiger partial charge is 0.315 e. The molecule has 3 heterocycles. The van der Waals surface area contributed by atoms with Crippen LogP contribution in [0, 0.1) is 5.92 Å². The zero-order chi connectivity index (χ0) is 12.8. The Hall–Kier alpha value is -0.140. The summed E-state index contributed by atoms with van der Waals surface area (Å²) in [6.07, 6.45) is 2.07.